The van der Waals surface area contributed by atoms with Crippen LogP contribution >= 0.6 is 0 Å². The molecular weight excluding hydrogens is 324 g/mol. The molecule has 0 saturated carbocycles. The van der Waals surface area contributed by atoms with Crippen LogP contribution in [0.4, 0.5) is 0 Å². The summed E-state index contributed by atoms with van der Waals surface area (Å²) in [6.07, 6.45) is 1.03. The summed E-state index contributed by atoms with van der Waals surface area (Å²) in [5.74, 6) is 0. The molecule has 0 radical (unpaired) electrons. The number of rotatable bonds is 9. The van der Waals surface area contributed by atoms with Gasteiger partial charge in [-0.2, -0.15) is 13.7 Å². The lowest BCUT2D eigenvalue weighted by atomic mass is 10.2. The van der Waals surface area contributed by atoms with Crippen LogP contribution in [0.5, 0.6) is 0 Å². The SMILES string of the molecule is C=COO[Si](OOC(C)(C)C)(OOC(C)(C)C)OOC(C)(C)C. The molecular formula is C14H30O8Si. The second-order valence-corrected chi connectivity index (χ2v) is 9.35. The zero-order chi connectivity index (χ0) is 18.4. The van der Waals surface area contributed by atoms with Gasteiger partial charge in [0.25, 0.3) is 0 Å². The van der Waals surface area contributed by atoms with Gasteiger partial charge in [-0.25, -0.2) is 14.7 Å². The van der Waals surface area contributed by atoms with E-state index in [2.05, 4.69) is 6.58 Å². The van der Waals surface area contributed by atoms with E-state index in [1.165, 1.54) is 0 Å². The molecule has 0 N–H and O–H groups in total. The van der Waals surface area contributed by atoms with Gasteiger partial charge in [0.2, 0.25) is 0 Å². The molecule has 0 bridgehead atoms. The fourth-order valence-electron chi connectivity index (χ4n) is 0.704. The zero-order valence-electron chi connectivity index (χ0n) is 15.6. The Morgan fingerprint density at radius 2 is 0.913 bits per heavy atom. The predicted molar refractivity (Wildman–Crippen MR) is 83.9 cm³/mol. The van der Waals surface area contributed by atoms with Crippen molar-refractivity contribution in [2.75, 3.05) is 0 Å². The van der Waals surface area contributed by atoms with Crippen LogP contribution in [-0.4, -0.2) is 25.9 Å². The Kier molecular flexibility index (Phi) is 8.34. The third-order valence-corrected chi connectivity index (χ3v) is 2.56. The van der Waals surface area contributed by atoms with Crippen molar-refractivity contribution in [3.8, 4) is 0 Å². The summed E-state index contributed by atoms with van der Waals surface area (Å²) in [6.45, 7) is 19.3. The van der Waals surface area contributed by atoms with E-state index < -0.39 is 25.9 Å². The molecule has 0 amide bonds. The van der Waals surface area contributed by atoms with Crippen molar-refractivity contribution in [3.05, 3.63) is 12.8 Å². The molecule has 8 nitrogen and oxygen atoms in total. The Bertz CT molecular complexity index is 308. The summed E-state index contributed by atoms with van der Waals surface area (Å²) in [7, 11) is -4.11. The molecule has 0 rings (SSSR count). The average Bonchev–Trinajstić information content (AvgIpc) is 2.34. The van der Waals surface area contributed by atoms with Gasteiger partial charge < -0.3 is 4.89 Å². The first-order valence-electron chi connectivity index (χ1n) is 7.24. The molecule has 0 spiro atoms. The van der Waals surface area contributed by atoms with Crippen molar-refractivity contribution >= 4 is 9.05 Å². The Hall–Kier alpha value is -0.523. The second-order valence-electron chi connectivity index (χ2n) is 7.68. The van der Waals surface area contributed by atoms with E-state index in [-0.39, 0.29) is 0 Å². The van der Waals surface area contributed by atoms with E-state index in [1.807, 2.05) is 0 Å². The summed E-state index contributed by atoms with van der Waals surface area (Å²) < 4.78 is 20.8. The molecule has 23 heavy (non-hydrogen) atoms. The second kappa shape index (κ2) is 8.54. The van der Waals surface area contributed by atoms with Crippen molar-refractivity contribution in [1.82, 2.24) is 0 Å². The minimum atomic E-state index is -4.11. The predicted octanol–water partition coefficient (Wildman–Crippen LogP) is 3.75. The van der Waals surface area contributed by atoms with Crippen LogP contribution in [-0.2, 0) is 37.9 Å². The monoisotopic (exact) mass is 354 g/mol. The van der Waals surface area contributed by atoms with Crippen LogP contribution in [0.25, 0.3) is 0 Å². The Morgan fingerprint density at radius 1 is 0.609 bits per heavy atom. The first-order chi connectivity index (χ1) is 10.2. The summed E-state index contributed by atoms with van der Waals surface area (Å²) in [4.78, 5) is 20.4. The largest absolute Gasteiger partial charge is 0.802 e. The molecule has 0 heterocycles. The lowest BCUT2D eigenvalue weighted by Crippen LogP contribution is -2.52. The van der Waals surface area contributed by atoms with Gasteiger partial charge in [-0.3, -0.25) is 0 Å². The van der Waals surface area contributed by atoms with E-state index in [9.17, 15) is 0 Å². The molecule has 0 aliphatic carbocycles. The van der Waals surface area contributed by atoms with Gasteiger partial charge >= 0.3 is 9.05 Å². The van der Waals surface area contributed by atoms with E-state index >= 15 is 0 Å². The summed E-state index contributed by atoms with van der Waals surface area (Å²) in [5, 5.41) is 0. The van der Waals surface area contributed by atoms with E-state index in [0.29, 0.717) is 0 Å². The maximum absolute atomic E-state index is 5.24. The van der Waals surface area contributed by atoms with Crippen molar-refractivity contribution in [2.45, 2.75) is 79.1 Å². The quantitative estimate of drug-likeness (QED) is 0.268. The maximum atomic E-state index is 5.24. The standard InChI is InChI=1S/C14H30O8Si/c1-11-15-19-23(20-16-12(2,3)4,21-17-13(5,6)7)22-18-14(8,9)10/h11H,1H2,2-10H3. The average molecular weight is 354 g/mol. The fourth-order valence-corrected chi connectivity index (χ4v) is 2.11. The molecule has 0 saturated heterocycles. The molecule has 0 aromatic rings. The van der Waals surface area contributed by atoms with E-state index in [0.717, 1.165) is 6.26 Å². The van der Waals surface area contributed by atoms with Gasteiger partial charge in [-0.05, 0) is 62.3 Å². The van der Waals surface area contributed by atoms with Crippen LogP contribution in [0, 0.1) is 0 Å². The summed E-state index contributed by atoms with van der Waals surface area (Å²) in [5.41, 5.74) is -1.98. The fraction of sp³-hybridized carbons (Fsp3) is 0.857. The molecule has 0 aromatic heterocycles. The van der Waals surface area contributed by atoms with Gasteiger partial charge in [0.1, 0.15) is 6.26 Å². The van der Waals surface area contributed by atoms with Crippen molar-refractivity contribution < 1.29 is 37.9 Å². The molecule has 0 unspecified atom stereocenters. The third-order valence-electron chi connectivity index (χ3n) is 1.40. The van der Waals surface area contributed by atoms with Crippen LogP contribution in [0.1, 0.15) is 62.3 Å². The summed E-state index contributed by atoms with van der Waals surface area (Å²) in [6, 6.07) is 0. The smallest absolute Gasteiger partial charge is 0.350 e. The zero-order valence-corrected chi connectivity index (χ0v) is 16.6. The minimum absolute atomic E-state index is 0.661. The van der Waals surface area contributed by atoms with Crippen molar-refractivity contribution in [2.24, 2.45) is 0 Å². The lowest BCUT2D eigenvalue weighted by Gasteiger charge is -2.30. The van der Waals surface area contributed by atoms with Gasteiger partial charge in [-0.15, -0.1) is 4.58 Å². The molecule has 0 aliphatic rings. The Labute approximate surface area is 139 Å². The van der Waals surface area contributed by atoms with Gasteiger partial charge in [0.05, 0.1) is 16.8 Å². The number of hydrogen-bond acceptors (Lipinski definition) is 8. The molecule has 0 aromatic carbocycles. The Morgan fingerprint density at radius 3 is 1.13 bits per heavy atom. The van der Waals surface area contributed by atoms with Crippen molar-refractivity contribution in [1.29, 1.82) is 0 Å². The highest BCUT2D eigenvalue weighted by atomic mass is 28.4. The van der Waals surface area contributed by atoms with Gasteiger partial charge in [0.15, 0.2) is 0 Å². The molecule has 0 fully saturated rings. The first kappa shape index (κ1) is 22.5. The van der Waals surface area contributed by atoms with Crippen LogP contribution in [0.3, 0.4) is 0 Å². The van der Waals surface area contributed by atoms with Crippen LogP contribution in [0.15, 0.2) is 12.8 Å². The van der Waals surface area contributed by atoms with Crippen LogP contribution < -0.4 is 0 Å². The molecule has 0 aliphatic heterocycles. The Balaban J connectivity index is 5.19. The highest BCUT2D eigenvalue weighted by Crippen LogP contribution is 2.23. The maximum Gasteiger partial charge on any atom is 0.802 e. The van der Waals surface area contributed by atoms with Gasteiger partial charge in [0, 0.05) is 0 Å². The molecule has 0 atom stereocenters. The van der Waals surface area contributed by atoms with Gasteiger partial charge in [-0.1, -0.05) is 6.58 Å². The van der Waals surface area contributed by atoms with E-state index in [1.54, 1.807) is 62.3 Å². The molecule has 138 valence electrons. The third kappa shape index (κ3) is 12.6. The lowest BCUT2D eigenvalue weighted by molar-refractivity contribution is -0.454. The topological polar surface area (TPSA) is 73.8 Å². The normalized spacial score (nSPS) is 14.0. The summed E-state index contributed by atoms with van der Waals surface area (Å²) >= 11 is 0. The number of hydrogen-bond donors (Lipinski definition) is 0. The van der Waals surface area contributed by atoms with Crippen LogP contribution in [0.2, 0.25) is 0 Å². The molecule has 9 heteroatoms. The van der Waals surface area contributed by atoms with Crippen molar-refractivity contribution in [3.63, 3.8) is 0 Å². The highest BCUT2D eigenvalue weighted by Gasteiger charge is 2.57. The minimum Gasteiger partial charge on any atom is -0.350 e. The first-order valence-corrected chi connectivity index (χ1v) is 8.87. The van der Waals surface area contributed by atoms with E-state index in [4.69, 9.17) is 37.9 Å². The highest BCUT2D eigenvalue weighted by molar-refractivity contribution is 6.52.